The fraction of sp³-hybridized carbons (Fsp3) is 0.375. The zero-order valence-corrected chi connectivity index (χ0v) is 12.5. The van der Waals surface area contributed by atoms with E-state index < -0.39 is 6.10 Å². The molecule has 1 amide bonds. The van der Waals surface area contributed by atoms with Gasteiger partial charge in [0, 0.05) is 25.5 Å². The van der Waals surface area contributed by atoms with E-state index in [1.807, 2.05) is 17.7 Å². The summed E-state index contributed by atoms with van der Waals surface area (Å²) in [6.45, 7) is 3.25. The highest BCUT2D eigenvalue weighted by molar-refractivity contribution is 5.81. The third-order valence-corrected chi connectivity index (χ3v) is 3.21. The number of benzene rings is 1. The number of carbonyl (C=O) groups excluding carboxylic acids is 1. The van der Waals surface area contributed by atoms with Gasteiger partial charge in [-0.3, -0.25) is 4.79 Å². The van der Waals surface area contributed by atoms with Gasteiger partial charge < -0.3 is 14.6 Å². The van der Waals surface area contributed by atoms with Crippen molar-refractivity contribution in [3.8, 4) is 5.75 Å². The lowest BCUT2D eigenvalue weighted by Crippen LogP contribution is -2.38. The van der Waals surface area contributed by atoms with Crippen LogP contribution in [0.2, 0.25) is 0 Å². The molecular weight excluding hydrogens is 285 g/mol. The quantitative estimate of drug-likeness (QED) is 0.762. The summed E-state index contributed by atoms with van der Waals surface area (Å²) in [4.78, 5) is 16.0. The highest BCUT2D eigenvalue weighted by Gasteiger charge is 2.17. The van der Waals surface area contributed by atoms with E-state index in [2.05, 4.69) is 10.3 Å². The van der Waals surface area contributed by atoms with Crippen LogP contribution in [0.15, 0.2) is 43.0 Å². The van der Waals surface area contributed by atoms with Crippen molar-refractivity contribution in [1.29, 1.82) is 0 Å². The Bertz CT molecular complexity index is 570. The molecule has 0 radical (unpaired) electrons. The Morgan fingerprint density at radius 2 is 2.18 bits per heavy atom. The lowest BCUT2D eigenvalue weighted by molar-refractivity contribution is -0.128. The van der Waals surface area contributed by atoms with Gasteiger partial charge in [0.2, 0.25) is 0 Å². The molecule has 6 heteroatoms. The Morgan fingerprint density at radius 1 is 1.41 bits per heavy atom. The first-order chi connectivity index (χ1) is 10.7. The Kier molecular flexibility index (Phi) is 5.94. The van der Waals surface area contributed by atoms with Crippen molar-refractivity contribution in [2.45, 2.75) is 32.4 Å². The zero-order valence-electron chi connectivity index (χ0n) is 12.5. The predicted molar refractivity (Wildman–Crippen MR) is 81.0 cm³/mol. The summed E-state index contributed by atoms with van der Waals surface area (Å²) in [7, 11) is 0. The lowest BCUT2D eigenvalue weighted by atomic mass is 10.2. The van der Waals surface area contributed by atoms with Crippen LogP contribution in [-0.4, -0.2) is 28.1 Å². The molecule has 2 rings (SSSR count). The summed E-state index contributed by atoms with van der Waals surface area (Å²) in [6.07, 6.45) is 6.14. The number of aromatic nitrogens is 2. The Balaban J connectivity index is 1.75. The maximum absolute atomic E-state index is 12.8. The number of aryl methyl sites for hydroxylation is 1. The van der Waals surface area contributed by atoms with Crippen LogP contribution in [0.4, 0.5) is 4.39 Å². The van der Waals surface area contributed by atoms with E-state index in [0.717, 1.165) is 13.0 Å². The minimum Gasteiger partial charge on any atom is -0.481 e. The average molecular weight is 305 g/mol. The third-order valence-electron chi connectivity index (χ3n) is 3.21. The van der Waals surface area contributed by atoms with Crippen LogP contribution >= 0.6 is 0 Å². The molecule has 2 aromatic rings. The Labute approximate surface area is 129 Å². The molecule has 0 unspecified atom stereocenters. The minimum absolute atomic E-state index is 0.155. The number of halogens is 1. The maximum atomic E-state index is 12.8. The van der Waals surface area contributed by atoms with Crippen LogP contribution < -0.4 is 10.1 Å². The van der Waals surface area contributed by atoms with Crippen molar-refractivity contribution < 1.29 is 13.9 Å². The van der Waals surface area contributed by atoms with Gasteiger partial charge >= 0.3 is 0 Å². The van der Waals surface area contributed by atoms with Crippen LogP contribution in [0, 0.1) is 5.82 Å². The van der Waals surface area contributed by atoms with Gasteiger partial charge in [0.1, 0.15) is 11.6 Å². The van der Waals surface area contributed by atoms with Gasteiger partial charge in [-0.1, -0.05) is 6.92 Å². The fourth-order valence-electron chi connectivity index (χ4n) is 2.01. The standard InChI is InChI=1S/C16H20FN3O2/c1-2-15(22-14-6-4-13(17)5-7-14)16(21)19-8-3-10-20-11-9-18-12-20/h4-7,9,11-12,15H,2-3,8,10H2,1H3,(H,19,21)/t15-/m0/s1. The number of nitrogens with one attached hydrogen (secondary N) is 1. The number of hydrogen-bond acceptors (Lipinski definition) is 3. The largest absolute Gasteiger partial charge is 0.481 e. The molecule has 0 saturated carbocycles. The normalized spacial score (nSPS) is 11.9. The van der Waals surface area contributed by atoms with Gasteiger partial charge in [-0.2, -0.15) is 0 Å². The second kappa shape index (κ2) is 8.17. The second-order valence-electron chi connectivity index (χ2n) is 4.91. The topological polar surface area (TPSA) is 56.1 Å². The summed E-state index contributed by atoms with van der Waals surface area (Å²) >= 11 is 0. The number of carbonyl (C=O) groups is 1. The summed E-state index contributed by atoms with van der Waals surface area (Å²) < 4.78 is 20.4. The van der Waals surface area contributed by atoms with Crippen LogP contribution in [0.3, 0.4) is 0 Å². The molecule has 1 aromatic carbocycles. The Hall–Kier alpha value is -2.37. The summed E-state index contributed by atoms with van der Waals surface area (Å²) in [6, 6.07) is 5.66. The molecular formula is C16H20FN3O2. The van der Waals surface area contributed by atoms with Gasteiger partial charge in [0.25, 0.3) is 5.91 Å². The van der Waals surface area contributed by atoms with E-state index in [1.54, 1.807) is 12.5 Å². The van der Waals surface area contributed by atoms with Crippen LogP contribution in [0.1, 0.15) is 19.8 Å². The predicted octanol–water partition coefficient (Wildman–Crippen LogP) is 2.39. The molecule has 0 aliphatic rings. The zero-order chi connectivity index (χ0) is 15.8. The molecule has 22 heavy (non-hydrogen) atoms. The number of rotatable bonds is 8. The molecule has 0 bridgehead atoms. The average Bonchev–Trinajstić information content (AvgIpc) is 3.04. The van der Waals surface area contributed by atoms with E-state index >= 15 is 0 Å². The fourth-order valence-corrected chi connectivity index (χ4v) is 2.01. The molecule has 0 fully saturated rings. The van der Waals surface area contributed by atoms with Crippen LogP contribution in [0.5, 0.6) is 5.75 Å². The van der Waals surface area contributed by atoms with Gasteiger partial charge in [0.15, 0.2) is 6.10 Å². The molecule has 0 aliphatic carbocycles. The summed E-state index contributed by atoms with van der Waals surface area (Å²) in [5, 5.41) is 2.86. The third kappa shape index (κ3) is 4.87. The smallest absolute Gasteiger partial charge is 0.261 e. The molecule has 1 N–H and O–H groups in total. The van der Waals surface area contributed by atoms with Crippen LogP contribution in [-0.2, 0) is 11.3 Å². The van der Waals surface area contributed by atoms with Gasteiger partial charge in [-0.15, -0.1) is 0 Å². The second-order valence-corrected chi connectivity index (χ2v) is 4.91. The molecule has 1 atom stereocenters. The van der Waals surface area contributed by atoms with E-state index in [0.29, 0.717) is 18.7 Å². The van der Waals surface area contributed by atoms with E-state index in [1.165, 1.54) is 24.3 Å². The molecule has 5 nitrogen and oxygen atoms in total. The van der Waals surface area contributed by atoms with E-state index in [-0.39, 0.29) is 11.7 Å². The minimum atomic E-state index is -0.571. The van der Waals surface area contributed by atoms with Gasteiger partial charge in [-0.25, -0.2) is 9.37 Å². The van der Waals surface area contributed by atoms with Crippen molar-refractivity contribution in [3.05, 3.63) is 48.8 Å². The van der Waals surface area contributed by atoms with Crippen molar-refractivity contribution in [2.24, 2.45) is 0 Å². The molecule has 0 spiro atoms. The number of imidazole rings is 1. The summed E-state index contributed by atoms with van der Waals surface area (Å²) in [5.74, 6) is 0.00335. The number of hydrogen-bond donors (Lipinski definition) is 1. The van der Waals surface area contributed by atoms with Crippen molar-refractivity contribution in [2.75, 3.05) is 6.54 Å². The first-order valence-corrected chi connectivity index (χ1v) is 7.34. The monoisotopic (exact) mass is 305 g/mol. The number of amides is 1. The van der Waals surface area contributed by atoms with Gasteiger partial charge in [-0.05, 0) is 37.1 Å². The van der Waals surface area contributed by atoms with E-state index in [9.17, 15) is 9.18 Å². The number of ether oxygens (including phenoxy) is 1. The molecule has 0 aliphatic heterocycles. The van der Waals surface area contributed by atoms with E-state index in [4.69, 9.17) is 4.74 Å². The first-order valence-electron chi connectivity index (χ1n) is 7.34. The Morgan fingerprint density at radius 3 is 2.82 bits per heavy atom. The first kappa shape index (κ1) is 16.0. The SMILES string of the molecule is CC[C@H](Oc1ccc(F)cc1)C(=O)NCCCn1ccnc1. The summed E-state index contributed by atoms with van der Waals surface area (Å²) in [5.41, 5.74) is 0. The highest BCUT2D eigenvalue weighted by atomic mass is 19.1. The molecule has 118 valence electrons. The molecule has 1 heterocycles. The molecule has 1 aromatic heterocycles. The highest BCUT2D eigenvalue weighted by Crippen LogP contribution is 2.14. The number of nitrogens with zero attached hydrogens (tertiary/aromatic N) is 2. The van der Waals surface area contributed by atoms with Crippen LogP contribution in [0.25, 0.3) is 0 Å². The van der Waals surface area contributed by atoms with Crippen molar-refractivity contribution in [1.82, 2.24) is 14.9 Å². The van der Waals surface area contributed by atoms with Gasteiger partial charge in [0.05, 0.1) is 6.33 Å². The lowest BCUT2D eigenvalue weighted by Gasteiger charge is -2.17. The maximum Gasteiger partial charge on any atom is 0.261 e. The van der Waals surface area contributed by atoms with Crippen molar-refractivity contribution in [3.63, 3.8) is 0 Å². The molecule has 0 saturated heterocycles. The van der Waals surface area contributed by atoms with Crippen molar-refractivity contribution >= 4 is 5.91 Å².